The van der Waals surface area contributed by atoms with E-state index in [0.717, 1.165) is 11.1 Å². The molecule has 0 saturated heterocycles. The van der Waals surface area contributed by atoms with Gasteiger partial charge in [0.2, 0.25) is 0 Å². The average molecular weight is 319 g/mol. The predicted molar refractivity (Wildman–Crippen MR) is 80.6 cm³/mol. The second kappa shape index (κ2) is 6.02. The summed E-state index contributed by atoms with van der Waals surface area (Å²) in [6, 6.07) is 15.6. The zero-order chi connectivity index (χ0) is 13.8. The maximum absolute atomic E-state index is 11.8. The molecular weight excluding hydrogens is 304 g/mol. The van der Waals surface area contributed by atoms with Crippen LogP contribution in [0.1, 0.15) is 27.7 Å². The molecule has 98 valence electrons. The van der Waals surface area contributed by atoms with Gasteiger partial charge in [-0.3, -0.25) is 0 Å². The Morgan fingerprint density at radius 3 is 2.32 bits per heavy atom. The van der Waals surface area contributed by atoms with Crippen LogP contribution in [0.25, 0.3) is 11.1 Å². The topological polar surface area (TPSA) is 26.3 Å². The van der Waals surface area contributed by atoms with Gasteiger partial charge in [-0.15, -0.1) is 0 Å². The average Bonchev–Trinajstić information content (AvgIpc) is 2.46. The third kappa shape index (κ3) is 3.04. The van der Waals surface area contributed by atoms with Gasteiger partial charge >= 0.3 is 5.97 Å². The molecule has 0 heterocycles. The molecule has 2 aromatic carbocycles. The first-order chi connectivity index (χ1) is 9.13. The molecule has 2 nitrogen and oxygen atoms in total. The van der Waals surface area contributed by atoms with E-state index in [1.807, 2.05) is 30.3 Å². The molecule has 1 atom stereocenters. The van der Waals surface area contributed by atoms with Crippen molar-refractivity contribution < 1.29 is 9.53 Å². The fourth-order valence-corrected chi connectivity index (χ4v) is 2.26. The fraction of sp³-hybridized carbons (Fsp3) is 0.188. The number of halogens is 1. The van der Waals surface area contributed by atoms with Gasteiger partial charge in [-0.25, -0.2) is 4.79 Å². The van der Waals surface area contributed by atoms with Crippen molar-refractivity contribution in [1.82, 2.24) is 0 Å². The van der Waals surface area contributed by atoms with Gasteiger partial charge in [-0.05, 0) is 29.7 Å². The fourth-order valence-electron chi connectivity index (χ4n) is 1.95. The molecule has 0 radical (unpaired) electrons. The normalized spacial score (nSPS) is 11.9. The molecule has 0 N–H and O–H groups in total. The standard InChI is InChI=1S/C16H15BrO2/c1-11(17)12-7-9-13(10-8-12)14-5-3-4-6-15(14)16(18)19-2/h3-11H,1-2H3. The molecule has 0 spiro atoms. The van der Waals surface area contributed by atoms with Gasteiger partial charge in [0.25, 0.3) is 0 Å². The lowest BCUT2D eigenvalue weighted by Crippen LogP contribution is -2.03. The highest BCUT2D eigenvalue weighted by atomic mass is 79.9. The van der Waals surface area contributed by atoms with Crippen LogP contribution in [0.4, 0.5) is 0 Å². The molecule has 0 aliphatic carbocycles. The Balaban J connectivity index is 2.44. The zero-order valence-corrected chi connectivity index (χ0v) is 12.5. The van der Waals surface area contributed by atoms with E-state index < -0.39 is 0 Å². The molecule has 3 heteroatoms. The summed E-state index contributed by atoms with van der Waals surface area (Å²) in [6.07, 6.45) is 0. The summed E-state index contributed by atoms with van der Waals surface area (Å²) < 4.78 is 4.81. The van der Waals surface area contributed by atoms with Crippen molar-refractivity contribution in [1.29, 1.82) is 0 Å². The van der Waals surface area contributed by atoms with E-state index in [0.29, 0.717) is 10.4 Å². The summed E-state index contributed by atoms with van der Waals surface area (Å²) in [4.78, 5) is 12.1. The van der Waals surface area contributed by atoms with E-state index in [9.17, 15) is 4.79 Å². The Kier molecular flexibility index (Phi) is 4.38. The SMILES string of the molecule is COC(=O)c1ccccc1-c1ccc(C(C)Br)cc1. The highest BCUT2D eigenvalue weighted by molar-refractivity contribution is 9.09. The number of ether oxygens (including phenoxy) is 1. The first-order valence-electron chi connectivity index (χ1n) is 6.05. The van der Waals surface area contributed by atoms with Crippen LogP contribution in [0.5, 0.6) is 0 Å². The Morgan fingerprint density at radius 2 is 1.74 bits per heavy atom. The number of hydrogen-bond donors (Lipinski definition) is 0. The number of alkyl halides is 1. The van der Waals surface area contributed by atoms with Crippen LogP contribution in [0.3, 0.4) is 0 Å². The lowest BCUT2D eigenvalue weighted by Gasteiger charge is -2.09. The lowest BCUT2D eigenvalue weighted by molar-refractivity contribution is 0.0601. The molecule has 0 aliphatic heterocycles. The monoisotopic (exact) mass is 318 g/mol. The molecule has 0 aliphatic rings. The van der Waals surface area contributed by atoms with Gasteiger partial charge in [-0.1, -0.05) is 58.4 Å². The van der Waals surface area contributed by atoms with Crippen LogP contribution >= 0.6 is 15.9 Å². The summed E-state index contributed by atoms with van der Waals surface area (Å²) in [7, 11) is 1.40. The van der Waals surface area contributed by atoms with Crippen LogP contribution in [0.15, 0.2) is 48.5 Å². The molecule has 2 aromatic rings. The number of methoxy groups -OCH3 is 1. The first kappa shape index (κ1) is 13.8. The highest BCUT2D eigenvalue weighted by Gasteiger charge is 2.12. The number of carbonyl (C=O) groups excluding carboxylic acids is 1. The predicted octanol–water partition coefficient (Wildman–Crippen LogP) is 4.60. The van der Waals surface area contributed by atoms with E-state index in [-0.39, 0.29) is 5.97 Å². The first-order valence-corrected chi connectivity index (χ1v) is 6.97. The molecule has 19 heavy (non-hydrogen) atoms. The maximum Gasteiger partial charge on any atom is 0.338 e. The Labute approximate surface area is 121 Å². The van der Waals surface area contributed by atoms with Gasteiger partial charge in [0.1, 0.15) is 0 Å². The quantitative estimate of drug-likeness (QED) is 0.611. The summed E-state index contributed by atoms with van der Waals surface area (Å²) in [5.74, 6) is -0.312. The number of benzene rings is 2. The lowest BCUT2D eigenvalue weighted by atomic mass is 9.98. The van der Waals surface area contributed by atoms with Crippen molar-refractivity contribution in [2.45, 2.75) is 11.8 Å². The Morgan fingerprint density at radius 1 is 1.11 bits per heavy atom. The van der Waals surface area contributed by atoms with Crippen molar-refractivity contribution in [3.8, 4) is 11.1 Å². The molecule has 0 aromatic heterocycles. The molecular formula is C16H15BrO2. The minimum absolute atomic E-state index is 0.312. The van der Waals surface area contributed by atoms with Gasteiger partial charge in [0.05, 0.1) is 12.7 Å². The highest BCUT2D eigenvalue weighted by Crippen LogP contribution is 2.28. The minimum Gasteiger partial charge on any atom is -0.465 e. The maximum atomic E-state index is 11.8. The smallest absolute Gasteiger partial charge is 0.338 e. The van der Waals surface area contributed by atoms with Crippen molar-refractivity contribution in [3.05, 3.63) is 59.7 Å². The molecule has 0 amide bonds. The van der Waals surface area contributed by atoms with Crippen LogP contribution < -0.4 is 0 Å². The molecule has 0 bridgehead atoms. The molecule has 0 saturated carbocycles. The van der Waals surface area contributed by atoms with Crippen LogP contribution in [-0.2, 0) is 4.74 Å². The Hall–Kier alpha value is -1.61. The number of carbonyl (C=O) groups is 1. The van der Waals surface area contributed by atoms with Crippen molar-refractivity contribution in [2.24, 2.45) is 0 Å². The van der Waals surface area contributed by atoms with Crippen molar-refractivity contribution in [2.75, 3.05) is 7.11 Å². The number of hydrogen-bond acceptors (Lipinski definition) is 2. The van der Waals surface area contributed by atoms with E-state index in [4.69, 9.17) is 4.74 Å². The van der Waals surface area contributed by atoms with Gasteiger partial charge < -0.3 is 4.74 Å². The third-order valence-electron chi connectivity index (χ3n) is 3.01. The van der Waals surface area contributed by atoms with Gasteiger partial charge in [0, 0.05) is 4.83 Å². The summed E-state index contributed by atoms with van der Waals surface area (Å²) in [5.41, 5.74) is 3.70. The van der Waals surface area contributed by atoms with Crippen molar-refractivity contribution >= 4 is 21.9 Å². The van der Waals surface area contributed by atoms with E-state index in [1.165, 1.54) is 12.7 Å². The van der Waals surface area contributed by atoms with E-state index in [2.05, 4.69) is 35.0 Å². The minimum atomic E-state index is -0.312. The molecule has 2 rings (SSSR count). The van der Waals surface area contributed by atoms with Crippen molar-refractivity contribution in [3.63, 3.8) is 0 Å². The van der Waals surface area contributed by atoms with Gasteiger partial charge in [-0.2, -0.15) is 0 Å². The number of rotatable bonds is 3. The van der Waals surface area contributed by atoms with Gasteiger partial charge in [0.15, 0.2) is 0 Å². The summed E-state index contributed by atoms with van der Waals surface area (Å²) in [6.45, 7) is 2.08. The molecule has 1 unspecified atom stereocenters. The zero-order valence-electron chi connectivity index (χ0n) is 10.9. The number of esters is 1. The van der Waals surface area contributed by atoms with Crippen LogP contribution in [0, 0.1) is 0 Å². The second-order valence-electron chi connectivity index (χ2n) is 4.28. The summed E-state index contributed by atoms with van der Waals surface area (Å²) in [5, 5.41) is 0. The second-order valence-corrected chi connectivity index (χ2v) is 5.65. The van der Waals surface area contributed by atoms with E-state index >= 15 is 0 Å². The Bertz CT molecular complexity index is 574. The molecule has 0 fully saturated rings. The third-order valence-corrected chi connectivity index (χ3v) is 3.54. The largest absolute Gasteiger partial charge is 0.465 e. The van der Waals surface area contributed by atoms with E-state index in [1.54, 1.807) is 6.07 Å². The van der Waals surface area contributed by atoms with Crippen LogP contribution in [0.2, 0.25) is 0 Å². The van der Waals surface area contributed by atoms with Crippen LogP contribution in [-0.4, -0.2) is 13.1 Å². The summed E-state index contributed by atoms with van der Waals surface area (Å²) >= 11 is 3.54.